The molecule has 2 fully saturated rings. The van der Waals surface area contributed by atoms with Gasteiger partial charge in [0.15, 0.2) is 17.7 Å². The maximum atomic E-state index is 14.4. The summed E-state index contributed by atoms with van der Waals surface area (Å²) in [5.74, 6) is -5.18. The Labute approximate surface area is 280 Å². The Bertz CT molecular complexity index is 1930. The van der Waals surface area contributed by atoms with Crippen molar-refractivity contribution in [3.8, 4) is 5.75 Å². The lowest BCUT2D eigenvalue weighted by Crippen LogP contribution is -2.53. The van der Waals surface area contributed by atoms with Gasteiger partial charge in [0.2, 0.25) is 5.43 Å². The number of rotatable bonds is 8. The van der Waals surface area contributed by atoms with Crippen LogP contribution < -0.4 is 15.5 Å². The number of amides is 2. The Morgan fingerprint density at radius 1 is 1.00 bits per heavy atom. The average molecular weight is 674 g/mol. The van der Waals surface area contributed by atoms with Gasteiger partial charge < -0.3 is 29.0 Å². The number of pyridine rings is 1. The normalized spacial score (nSPS) is 22.9. The van der Waals surface area contributed by atoms with Crippen molar-refractivity contribution in [2.45, 2.75) is 63.3 Å². The summed E-state index contributed by atoms with van der Waals surface area (Å²) in [4.78, 5) is 43.6. The number of benzene rings is 3. The first kappa shape index (κ1) is 32.6. The maximum absolute atomic E-state index is 14.4. The summed E-state index contributed by atoms with van der Waals surface area (Å²) < 4.78 is 62.9. The minimum atomic E-state index is -1.18. The lowest BCUT2D eigenvalue weighted by molar-refractivity contribution is -0.108. The van der Waals surface area contributed by atoms with E-state index in [0.717, 1.165) is 11.1 Å². The molecule has 3 aromatic carbocycles. The molecule has 9 nitrogen and oxygen atoms in total. The van der Waals surface area contributed by atoms with E-state index in [1.165, 1.54) is 6.20 Å². The number of halogens is 3. The van der Waals surface area contributed by atoms with Gasteiger partial charge in [0.25, 0.3) is 11.8 Å². The molecular weight excluding hydrogens is 639 g/mol. The van der Waals surface area contributed by atoms with Crippen LogP contribution in [0.15, 0.2) is 83.8 Å². The molecule has 49 heavy (non-hydrogen) atoms. The highest BCUT2D eigenvalue weighted by atomic mass is 19.1. The molecular formula is C37H34F3N3O6. The van der Waals surface area contributed by atoms with Crippen molar-refractivity contribution in [2.75, 3.05) is 13.2 Å². The number of aromatic nitrogens is 1. The Morgan fingerprint density at radius 3 is 2.37 bits per heavy atom. The zero-order chi connectivity index (χ0) is 34.3. The highest BCUT2D eigenvalue weighted by molar-refractivity contribution is 5.99. The van der Waals surface area contributed by atoms with Crippen LogP contribution >= 0.6 is 0 Å². The van der Waals surface area contributed by atoms with Crippen LogP contribution in [-0.4, -0.2) is 52.4 Å². The van der Waals surface area contributed by atoms with Crippen LogP contribution in [0.25, 0.3) is 0 Å². The van der Waals surface area contributed by atoms with E-state index in [1.54, 1.807) is 33.7 Å². The molecule has 3 aliphatic rings. The number of hydrogen-bond donors (Lipinski definition) is 1. The van der Waals surface area contributed by atoms with E-state index in [4.69, 9.17) is 14.2 Å². The number of nitrogens with one attached hydrogen (secondary N) is 1. The summed E-state index contributed by atoms with van der Waals surface area (Å²) in [6.07, 6.45) is 2.36. The van der Waals surface area contributed by atoms with Crippen molar-refractivity contribution in [1.82, 2.24) is 14.8 Å². The van der Waals surface area contributed by atoms with Gasteiger partial charge in [-0.2, -0.15) is 0 Å². The smallest absolute Gasteiger partial charge is 0.274 e. The second-order valence-corrected chi connectivity index (χ2v) is 12.7. The van der Waals surface area contributed by atoms with Gasteiger partial charge in [-0.05, 0) is 30.9 Å². The molecule has 0 radical (unpaired) electrons. The van der Waals surface area contributed by atoms with Crippen molar-refractivity contribution in [3.63, 3.8) is 0 Å². The Hall–Kier alpha value is -4.94. The van der Waals surface area contributed by atoms with Gasteiger partial charge in [-0.25, -0.2) is 13.2 Å². The number of ether oxygens (including phenoxy) is 3. The first-order chi connectivity index (χ1) is 23.6. The number of nitrogens with zero attached hydrogens (tertiary/aromatic N) is 2. The van der Waals surface area contributed by atoms with Crippen LogP contribution in [-0.2, 0) is 29.0 Å². The lowest BCUT2D eigenvalue weighted by Gasteiger charge is -2.42. The van der Waals surface area contributed by atoms with Crippen LogP contribution in [0.1, 0.15) is 63.3 Å². The first-order valence-corrected chi connectivity index (χ1v) is 16.2. The highest BCUT2D eigenvalue weighted by Gasteiger charge is 2.54. The molecule has 4 heterocycles. The second-order valence-electron chi connectivity index (χ2n) is 12.7. The van der Waals surface area contributed by atoms with Crippen molar-refractivity contribution in [1.29, 1.82) is 0 Å². The predicted molar refractivity (Wildman–Crippen MR) is 171 cm³/mol. The topological polar surface area (TPSA) is 99.1 Å². The Balaban J connectivity index is 1.29. The van der Waals surface area contributed by atoms with Crippen molar-refractivity contribution < 1.29 is 37.0 Å². The number of hydrogen-bond acceptors (Lipinski definition) is 6. The maximum Gasteiger partial charge on any atom is 0.274 e. The molecule has 0 aliphatic carbocycles. The number of carbonyl (C=O) groups is 2. The molecule has 4 aromatic rings. The summed E-state index contributed by atoms with van der Waals surface area (Å²) in [6.45, 7) is 1.65. The molecule has 254 valence electrons. The van der Waals surface area contributed by atoms with Crippen LogP contribution in [0, 0.1) is 17.5 Å². The number of carbonyl (C=O) groups excluding carboxylic acids is 2. The molecule has 0 saturated carbocycles. The summed E-state index contributed by atoms with van der Waals surface area (Å²) in [5, 5.41) is 2.39. The molecule has 1 aromatic heterocycles. The fourth-order valence-corrected chi connectivity index (χ4v) is 6.94. The zero-order valence-corrected chi connectivity index (χ0v) is 26.7. The second kappa shape index (κ2) is 13.2. The van der Waals surface area contributed by atoms with Gasteiger partial charge in [0.05, 0.1) is 12.6 Å². The fourth-order valence-electron chi connectivity index (χ4n) is 6.94. The lowest BCUT2D eigenvalue weighted by atomic mass is 9.88. The Kier molecular flexibility index (Phi) is 8.76. The van der Waals surface area contributed by atoms with E-state index in [-0.39, 0.29) is 37.2 Å². The molecule has 2 saturated heterocycles. The predicted octanol–water partition coefficient (Wildman–Crippen LogP) is 5.31. The van der Waals surface area contributed by atoms with Crippen molar-refractivity contribution in [3.05, 3.63) is 135 Å². The van der Waals surface area contributed by atoms with Gasteiger partial charge in [-0.3, -0.25) is 14.4 Å². The Morgan fingerprint density at radius 2 is 1.67 bits per heavy atom. The molecule has 1 spiro atoms. The van der Waals surface area contributed by atoms with Gasteiger partial charge in [0, 0.05) is 49.4 Å². The highest BCUT2D eigenvalue weighted by Crippen LogP contribution is 2.46. The number of fused-ring (bicyclic) bond motifs is 5. The average Bonchev–Trinajstić information content (AvgIpc) is 3.45. The molecule has 1 N–H and O–H groups in total. The third-order valence-electron chi connectivity index (χ3n) is 9.61. The van der Waals surface area contributed by atoms with Crippen LogP contribution in [0.5, 0.6) is 5.75 Å². The monoisotopic (exact) mass is 673 g/mol. The van der Waals surface area contributed by atoms with Crippen LogP contribution in [0.2, 0.25) is 0 Å². The van der Waals surface area contributed by atoms with Gasteiger partial charge in [-0.1, -0.05) is 60.7 Å². The molecule has 4 atom stereocenters. The van der Waals surface area contributed by atoms with Crippen molar-refractivity contribution in [2.24, 2.45) is 0 Å². The minimum absolute atomic E-state index is 0.0208. The summed E-state index contributed by atoms with van der Waals surface area (Å²) in [5.41, 5.74) is -1.02. The molecule has 2 bridgehead atoms. The van der Waals surface area contributed by atoms with E-state index < -0.39 is 70.3 Å². The fraction of sp³-hybridized carbons (Fsp3) is 0.324. The third kappa shape index (κ3) is 6.22. The van der Waals surface area contributed by atoms with Crippen LogP contribution in [0.3, 0.4) is 0 Å². The van der Waals surface area contributed by atoms with Gasteiger partial charge in [-0.15, -0.1) is 0 Å². The standard InChI is InChI=1S/C37H34F3N3O6/c1-22-12-13-37(21-48-31(49-37)14-23-8-4-2-5-9-23)30-19-42(22)36(46)32-34(47-20-24-10-6-3-7-11-24)33(44)27(18-43(30)32)35(45)41-17-26-28(39)15-25(38)16-29(26)40/h2-11,15-16,18,22,30-31H,12-14,17,19-21H2,1H3,(H,41,45)/t22-,30+,31?,37+/m0/s1. The molecule has 12 heteroatoms. The van der Waals surface area contributed by atoms with Gasteiger partial charge in [0.1, 0.15) is 35.2 Å². The van der Waals surface area contributed by atoms with Gasteiger partial charge >= 0.3 is 0 Å². The van der Waals surface area contributed by atoms with Crippen LogP contribution in [0.4, 0.5) is 13.2 Å². The van der Waals surface area contributed by atoms with Crippen molar-refractivity contribution >= 4 is 11.8 Å². The van der Waals surface area contributed by atoms with E-state index in [0.29, 0.717) is 31.4 Å². The summed E-state index contributed by atoms with van der Waals surface area (Å²) in [7, 11) is 0. The summed E-state index contributed by atoms with van der Waals surface area (Å²) in [6, 6.07) is 19.0. The minimum Gasteiger partial charge on any atom is -0.483 e. The molecule has 7 rings (SSSR count). The van der Waals surface area contributed by atoms with E-state index in [9.17, 15) is 27.6 Å². The largest absolute Gasteiger partial charge is 0.483 e. The van der Waals surface area contributed by atoms with E-state index in [1.807, 2.05) is 43.3 Å². The van der Waals surface area contributed by atoms with E-state index >= 15 is 0 Å². The molecule has 1 unspecified atom stereocenters. The molecule has 3 aliphatic heterocycles. The van der Waals surface area contributed by atoms with E-state index in [2.05, 4.69) is 5.32 Å². The first-order valence-electron chi connectivity index (χ1n) is 16.2. The summed E-state index contributed by atoms with van der Waals surface area (Å²) >= 11 is 0. The SMILES string of the molecule is C[C@H]1CC[C@@]2(COC(Cc3ccccc3)O2)[C@H]2CN1C(=O)c1c(OCc3ccccc3)c(=O)c(C(=O)NCc3c(F)cc(F)cc3F)cn12. The third-order valence-corrected chi connectivity index (χ3v) is 9.61. The molecule has 2 amide bonds. The zero-order valence-electron chi connectivity index (χ0n) is 26.7. The quantitative estimate of drug-likeness (QED) is 0.273.